The van der Waals surface area contributed by atoms with Gasteiger partial charge in [-0.15, -0.1) is 0 Å². The van der Waals surface area contributed by atoms with E-state index in [4.69, 9.17) is 14.7 Å². The minimum Gasteiger partial charge on any atom is -0.457 e. The molecule has 8 rings (SSSR count). The molecule has 0 saturated heterocycles. The van der Waals surface area contributed by atoms with Crippen molar-refractivity contribution in [2.24, 2.45) is 0 Å². The quantitative estimate of drug-likeness (QED) is 0.183. The molecule has 50 heavy (non-hydrogen) atoms. The van der Waals surface area contributed by atoms with Crippen molar-refractivity contribution in [2.75, 3.05) is 16.5 Å². The molecule has 7 aromatic rings. The van der Waals surface area contributed by atoms with Crippen molar-refractivity contribution in [3.05, 3.63) is 132 Å². The van der Waals surface area contributed by atoms with Gasteiger partial charge in [-0.05, 0) is 77.4 Å². The first kappa shape index (κ1) is 31.6. The molecule has 5 heterocycles. The molecule has 3 aromatic carbocycles. The van der Waals surface area contributed by atoms with E-state index in [0.29, 0.717) is 6.67 Å². The molecule has 0 unspecified atom stereocenters. The average molecular weight is 659 g/mol. The van der Waals surface area contributed by atoms with Gasteiger partial charge in [-0.3, -0.25) is 9.55 Å². The van der Waals surface area contributed by atoms with Crippen LogP contribution in [0.2, 0.25) is 0 Å². The van der Waals surface area contributed by atoms with Crippen LogP contribution in [0.25, 0.3) is 27.6 Å². The maximum Gasteiger partial charge on any atom is 0.138 e. The van der Waals surface area contributed by atoms with Crippen LogP contribution in [0.15, 0.2) is 116 Å². The number of nitrogens with zero attached hydrogens (tertiary/aromatic N) is 6. The lowest BCUT2D eigenvalue weighted by molar-refractivity contribution is 0.483. The zero-order valence-electron chi connectivity index (χ0n) is 29.8. The van der Waals surface area contributed by atoms with Gasteiger partial charge in [-0.2, -0.15) is 0 Å². The zero-order chi connectivity index (χ0) is 34.8. The molecule has 0 spiro atoms. The summed E-state index contributed by atoms with van der Waals surface area (Å²) in [5.74, 6) is 3.38. The van der Waals surface area contributed by atoms with Crippen molar-refractivity contribution in [2.45, 2.75) is 59.3 Å². The van der Waals surface area contributed by atoms with Gasteiger partial charge in [0.2, 0.25) is 0 Å². The summed E-state index contributed by atoms with van der Waals surface area (Å²) in [7, 11) is 0. The minimum atomic E-state index is -0.0685. The third-order valence-corrected chi connectivity index (χ3v) is 9.56. The number of aryl methyl sites for hydroxylation is 1. The van der Waals surface area contributed by atoms with Crippen LogP contribution in [0, 0.1) is 6.92 Å². The first-order valence-electron chi connectivity index (χ1n) is 17.2. The standard InChI is InChI=1S/C43H42N6O/c1-28-21-35(43(5,6)7)41(46-25-28)48-27-47(39-26-44-19-18-37(39)48)30-11-10-12-31(23-30)50-32-15-16-34-33-13-8-9-14-36(33)49(38(34)24-32)40-22-29(17-20-45-40)42(2,3)4/h8-26H,27H2,1-7H3. The maximum absolute atomic E-state index is 6.63. The second-order valence-electron chi connectivity index (χ2n) is 15.3. The van der Waals surface area contributed by atoms with Crippen LogP contribution in [-0.4, -0.2) is 26.2 Å². The van der Waals surface area contributed by atoms with Gasteiger partial charge in [-0.25, -0.2) is 9.97 Å². The number of benzene rings is 3. The Balaban J connectivity index is 1.16. The molecule has 0 fully saturated rings. The van der Waals surface area contributed by atoms with Gasteiger partial charge < -0.3 is 14.5 Å². The van der Waals surface area contributed by atoms with Crippen molar-refractivity contribution < 1.29 is 4.74 Å². The van der Waals surface area contributed by atoms with Crippen LogP contribution in [0.5, 0.6) is 11.5 Å². The first-order chi connectivity index (χ1) is 24.0. The maximum atomic E-state index is 6.63. The minimum absolute atomic E-state index is 0.00418. The van der Waals surface area contributed by atoms with Crippen molar-refractivity contribution in [3.8, 4) is 17.3 Å². The van der Waals surface area contributed by atoms with Crippen LogP contribution < -0.4 is 14.5 Å². The van der Waals surface area contributed by atoms with Crippen LogP contribution in [0.1, 0.15) is 58.2 Å². The van der Waals surface area contributed by atoms with Crippen LogP contribution in [0.4, 0.5) is 22.9 Å². The molecule has 7 heteroatoms. The number of hydrogen-bond acceptors (Lipinski definition) is 6. The molecule has 0 saturated carbocycles. The molecule has 0 atom stereocenters. The summed E-state index contributed by atoms with van der Waals surface area (Å²) >= 11 is 0. The fraction of sp³-hybridized carbons (Fsp3) is 0.233. The number of rotatable bonds is 5. The molecule has 0 amide bonds. The summed E-state index contributed by atoms with van der Waals surface area (Å²) in [6.45, 7) is 16.1. The molecule has 0 aliphatic carbocycles. The second kappa shape index (κ2) is 11.7. The highest BCUT2D eigenvalue weighted by atomic mass is 16.5. The SMILES string of the molecule is Cc1cnc(N2CN(c3cccc(Oc4ccc5c6ccccc6n(-c6cc(C(C)(C)C)ccn6)c5c4)c3)c3cnccc32)c(C(C)(C)C)c1. The highest BCUT2D eigenvalue weighted by molar-refractivity contribution is 6.09. The lowest BCUT2D eigenvalue weighted by atomic mass is 9.86. The number of hydrogen-bond donors (Lipinski definition) is 0. The molecule has 0 bridgehead atoms. The second-order valence-corrected chi connectivity index (χ2v) is 15.3. The molecule has 7 nitrogen and oxygen atoms in total. The van der Waals surface area contributed by atoms with Gasteiger partial charge in [0, 0.05) is 52.7 Å². The zero-order valence-corrected chi connectivity index (χ0v) is 29.8. The van der Waals surface area contributed by atoms with Crippen molar-refractivity contribution in [1.82, 2.24) is 19.5 Å². The van der Waals surface area contributed by atoms with Gasteiger partial charge in [0.15, 0.2) is 0 Å². The summed E-state index contributed by atoms with van der Waals surface area (Å²) in [6.07, 6.45) is 7.65. The van der Waals surface area contributed by atoms with Gasteiger partial charge in [0.05, 0.1) is 28.6 Å². The van der Waals surface area contributed by atoms with E-state index in [9.17, 15) is 0 Å². The van der Waals surface area contributed by atoms with E-state index in [0.717, 1.165) is 62.2 Å². The highest BCUT2D eigenvalue weighted by Gasteiger charge is 2.32. The Bertz CT molecular complexity index is 2400. The van der Waals surface area contributed by atoms with E-state index in [2.05, 4.69) is 147 Å². The Hall–Kier alpha value is -5.69. The van der Waals surface area contributed by atoms with E-state index in [1.165, 1.54) is 16.5 Å². The topological polar surface area (TPSA) is 59.3 Å². The van der Waals surface area contributed by atoms with Crippen LogP contribution in [0.3, 0.4) is 0 Å². The van der Waals surface area contributed by atoms with Crippen molar-refractivity contribution in [3.63, 3.8) is 0 Å². The van der Waals surface area contributed by atoms with E-state index >= 15 is 0 Å². The van der Waals surface area contributed by atoms with Crippen molar-refractivity contribution >= 4 is 44.7 Å². The number of pyridine rings is 3. The molecular weight excluding hydrogens is 617 g/mol. The Morgan fingerprint density at radius 2 is 1.44 bits per heavy atom. The predicted molar refractivity (Wildman–Crippen MR) is 205 cm³/mol. The Morgan fingerprint density at radius 1 is 0.640 bits per heavy atom. The number of aromatic nitrogens is 4. The van der Waals surface area contributed by atoms with Gasteiger partial charge in [0.25, 0.3) is 0 Å². The first-order valence-corrected chi connectivity index (χ1v) is 17.2. The van der Waals surface area contributed by atoms with Crippen molar-refractivity contribution in [1.29, 1.82) is 0 Å². The fourth-order valence-corrected chi connectivity index (χ4v) is 6.96. The molecular formula is C43H42N6O. The predicted octanol–water partition coefficient (Wildman–Crippen LogP) is 10.9. The molecule has 1 aliphatic rings. The monoisotopic (exact) mass is 658 g/mol. The molecule has 0 N–H and O–H groups in total. The van der Waals surface area contributed by atoms with E-state index < -0.39 is 0 Å². The lowest BCUT2D eigenvalue weighted by Gasteiger charge is -2.28. The Labute approximate surface area is 293 Å². The third kappa shape index (κ3) is 5.53. The summed E-state index contributed by atoms with van der Waals surface area (Å²) in [4.78, 5) is 18.9. The average Bonchev–Trinajstić information content (AvgIpc) is 3.64. The van der Waals surface area contributed by atoms with E-state index in [1.807, 2.05) is 36.9 Å². The smallest absolute Gasteiger partial charge is 0.138 e. The summed E-state index contributed by atoms with van der Waals surface area (Å²) in [5, 5.41) is 2.34. The normalized spacial score (nSPS) is 13.3. The number of para-hydroxylation sites is 1. The fourth-order valence-electron chi connectivity index (χ4n) is 6.96. The summed E-state index contributed by atoms with van der Waals surface area (Å²) < 4.78 is 8.87. The number of anilines is 4. The van der Waals surface area contributed by atoms with Crippen LogP contribution in [-0.2, 0) is 10.8 Å². The van der Waals surface area contributed by atoms with Gasteiger partial charge in [0.1, 0.15) is 29.8 Å². The number of fused-ring (bicyclic) bond motifs is 4. The van der Waals surface area contributed by atoms with Gasteiger partial charge in [-0.1, -0.05) is 71.9 Å². The molecule has 0 radical (unpaired) electrons. The largest absolute Gasteiger partial charge is 0.457 e. The van der Waals surface area contributed by atoms with Crippen LogP contribution >= 0.6 is 0 Å². The summed E-state index contributed by atoms with van der Waals surface area (Å²) in [5.41, 5.74) is 8.83. The third-order valence-electron chi connectivity index (χ3n) is 9.56. The Kier molecular flexibility index (Phi) is 7.40. The molecule has 1 aliphatic heterocycles. The molecule has 250 valence electrons. The highest BCUT2D eigenvalue weighted by Crippen LogP contribution is 2.46. The van der Waals surface area contributed by atoms with Gasteiger partial charge >= 0.3 is 0 Å². The lowest BCUT2D eigenvalue weighted by Crippen LogP contribution is -2.27. The van der Waals surface area contributed by atoms with E-state index in [1.54, 1.807) is 0 Å². The summed E-state index contributed by atoms with van der Waals surface area (Å²) in [6, 6.07) is 31.8. The molecule has 4 aromatic heterocycles. The Morgan fingerprint density at radius 3 is 2.26 bits per heavy atom. The number of ether oxygens (including phenoxy) is 1. The van der Waals surface area contributed by atoms with E-state index in [-0.39, 0.29) is 10.8 Å².